The van der Waals surface area contributed by atoms with E-state index in [2.05, 4.69) is 20.4 Å². The lowest BCUT2D eigenvalue weighted by Gasteiger charge is -2.10. The number of anilines is 1. The average molecular weight is 320 g/mol. The molecule has 0 bridgehead atoms. The highest BCUT2D eigenvalue weighted by atomic mass is 16.2. The van der Waals surface area contributed by atoms with Crippen LogP contribution in [0.4, 0.5) is 5.69 Å². The Morgan fingerprint density at radius 3 is 2.88 bits per heavy atom. The van der Waals surface area contributed by atoms with Crippen molar-refractivity contribution < 1.29 is 4.79 Å². The summed E-state index contributed by atoms with van der Waals surface area (Å²) in [5.41, 5.74) is 1.28. The number of amides is 1. The summed E-state index contributed by atoms with van der Waals surface area (Å²) >= 11 is 0. The normalized spacial score (nSPS) is 10.2. The minimum Gasteiger partial charge on any atom is -0.364 e. The van der Waals surface area contributed by atoms with E-state index in [9.17, 15) is 9.59 Å². The van der Waals surface area contributed by atoms with Crippen LogP contribution in [-0.2, 0) is 0 Å². The number of carbonyl (C=O) groups excluding carboxylic acids is 1. The summed E-state index contributed by atoms with van der Waals surface area (Å²) in [4.78, 5) is 31.0. The van der Waals surface area contributed by atoms with E-state index >= 15 is 0 Å². The molecule has 0 aliphatic carbocycles. The molecule has 1 aromatic carbocycles. The van der Waals surface area contributed by atoms with Crippen LogP contribution < -0.4 is 10.7 Å². The van der Waals surface area contributed by atoms with Crippen molar-refractivity contribution in [3.05, 3.63) is 70.2 Å². The topological polar surface area (TPSA) is 116 Å². The van der Waals surface area contributed by atoms with Gasteiger partial charge in [0.25, 0.3) is 11.7 Å². The number of para-hydroxylation sites is 2. The Kier molecular flexibility index (Phi) is 3.91. The molecule has 8 nitrogen and oxygen atoms in total. The largest absolute Gasteiger partial charge is 0.364 e. The molecule has 0 spiro atoms. The molecule has 8 heteroatoms. The highest BCUT2D eigenvalue weighted by Gasteiger charge is 2.14. The van der Waals surface area contributed by atoms with E-state index in [0.717, 1.165) is 0 Å². The monoisotopic (exact) mass is 320 g/mol. The van der Waals surface area contributed by atoms with Crippen LogP contribution in [0.3, 0.4) is 0 Å². The summed E-state index contributed by atoms with van der Waals surface area (Å²) in [6.45, 7) is 1.73. The minimum absolute atomic E-state index is 0.00621. The number of aromatic nitrogens is 4. The first-order chi connectivity index (χ1) is 11.6. The van der Waals surface area contributed by atoms with Gasteiger partial charge in [0.05, 0.1) is 11.4 Å². The van der Waals surface area contributed by atoms with Crippen molar-refractivity contribution in [1.29, 1.82) is 5.26 Å². The van der Waals surface area contributed by atoms with Gasteiger partial charge >= 0.3 is 0 Å². The Bertz CT molecular complexity index is 1010. The highest BCUT2D eigenvalue weighted by Crippen LogP contribution is 2.19. The average Bonchev–Trinajstić information content (AvgIpc) is 3.04. The van der Waals surface area contributed by atoms with E-state index in [4.69, 9.17) is 5.26 Å². The van der Waals surface area contributed by atoms with Crippen LogP contribution in [0.15, 0.2) is 47.7 Å². The second-order valence-corrected chi connectivity index (χ2v) is 4.99. The molecular formula is C16H12N6O2. The van der Waals surface area contributed by atoms with Crippen molar-refractivity contribution >= 4 is 11.6 Å². The van der Waals surface area contributed by atoms with E-state index in [1.165, 1.54) is 23.3 Å². The minimum atomic E-state index is -0.538. The third-order valence-electron chi connectivity index (χ3n) is 3.29. The summed E-state index contributed by atoms with van der Waals surface area (Å²) in [5, 5.41) is 15.5. The molecule has 0 saturated heterocycles. The van der Waals surface area contributed by atoms with E-state index in [1.807, 2.05) is 6.07 Å². The number of aryl methyl sites for hydroxylation is 1. The molecule has 0 aliphatic rings. The molecule has 2 aromatic heterocycles. The van der Waals surface area contributed by atoms with E-state index in [1.54, 1.807) is 31.2 Å². The van der Waals surface area contributed by atoms with Gasteiger partial charge in [-0.25, -0.2) is 9.67 Å². The second kappa shape index (κ2) is 6.18. The number of hydrogen-bond donors (Lipinski definition) is 2. The predicted molar refractivity (Wildman–Crippen MR) is 85.8 cm³/mol. The van der Waals surface area contributed by atoms with Gasteiger partial charge in [-0.3, -0.25) is 9.59 Å². The number of hydrogen-bond acceptors (Lipinski definition) is 5. The number of aromatic amines is 1. The number of H-pyrrole nitrogens is 1. The second-order valence-electron chi connectivity index (χ2n) is 4.99. The smallest absolute Gasteiger partial charge is 0.261 e. The first-order valence-electron chi connectivity index (χ1n) is 7.00. The molecule has 2 N–H and O–H groups in total. The van der Waals surface area contributed by atoms with Gasteiger partial charge in [0.1, 0.15) is 18.0 Å². The fourth-order valence-corrected chi connectivity index (χ4v) is 2.15. The van der Waals surface area contributed by atoms with Crippen molar-refractivity contribution in [2.75, 3.05) is 5.32 Å². The van der Waals surface area contributed by atoms with Crippen molar-refractivity contribution in [2.45, 2.75) is 6.92 Å². The van der Waals surface area contributed by atoms with Crippen molar-refractivity contribution in [3.63, 3.8) is 0 Å². The Hall–Kier alpha value is -3.73. The molecular weight excluding hydrogens is 308 g/mol. The zero-order valence-corrected chi connectivity index (χ0v) is 12.6. The summed E-state index contributed by atoms with van der Waals surface area (Å²) in [6, 6.07) is 10.1. The Morgan fingerprint density at radius 1 is 1.38 bits per heavy atom. The number of nitrogens with zero attached hydrogens (tertiary/aromatic N) is 4. The molecule has 0 atom stereocenters. The number of rotatable bonds is 3. The van der Waals surface area contributed by atoms with Gasteiger partial charge in [-0.05, 0) is 19.1 Å². The van der Waals surface area contributed by atoms with Crippen molar-refractivity contribution in [3.8, 4) is 11.8 Å². The van der Waals surface area contributed by atoms with Crippen molar-refractivity contribution in [1.82, 2.24) is 19.7 Å². The Morgan fingerprint density at radius 2 is 2.17 bits per heavy atom. The van der Waals surface area contributed by atoms with E-state index < -0.39 is 5.91 Å². The summed E-state index contributed by atoms with van der Waals surface area (Å²) < 4.78 is 1.38. The van der Waals surface area contributed by atoms with Gasteiger partial charge in [0.2, 0.25) is 0 Å². The summed E-state index contributed by atoms with van der Waals surface area (Å²) in [7, 11) is 0. The zero-order valence-electron chi connectivity index (χ0n) is 12.6. The Balaban J connectivity index is 1.95. The van der Waals surface area contributed by atoms with Gasteiger partial charge in [-0.2, -0.15) is 5.26 Å². The first kappa shape index (κ1) is 15.2. The van der Waals surface area contributed by atoms with Crippen LogP contribution in [0.2, 0.25) is 0 Å². The van der Waals surface area contributed by atoms with Crippen LogP contribution in [0, 0.1) is 18.3 Å². The Labute approximate surface area is 136 Å². The summed E-state index contributed by atoms with van der Waals surface area (Å²) in [5.74, 6) is -0.518. The quantitative estimate of drug-likeness (QED) is 0.756. The van der Waals surface area contributed by atoms with Crippen LogP contribution >= 0.6 is 0 Å². The van der Waals surface area contributed by atoms with Gasteiger partial charge in [0.15, 0.2) is 5.43 Å². The maximum absolute atomic E-state index is 12.4. The number of benzene rings is 1. The van der Waals surface area contributed by atoms with Crippen LogP contribution in [0.1, 0.15) is 21.9 Å². The van der Waals surface area contributed by atoms with Crippen LogP contribution in [-0.4, -0.2) is 25.7 Å². The molecule has 24 heavy (non-hydrogen) atoms. The molecule has 118 valence electrons. The molecule has 0 unspecified atom stereocenters. The lowest BCUT2D eigenvalue weighted by molar-refractivity contribution is 0.102. The van der Waals surface area contributed by atoms with Gasteiger partial charge in [0, 0.05) is 18.0 Å². The number of carbonyl (C=O) groups is 1. The summed E-state index contributed by atoms with van der Waals surface area (Å²) in [6.07, 6.45) is 2.75. The predicted octanol–water partition coefficient (Wildman–Crippen LogP) is 1.39. The maximum Gasteiger partial charge on any atom is 0.261 e. The number of nitriles is 1. The lowest BCUT2D eigenvalue weighted by atomic mass is 10.2. The first-order valence-corrected chi connectivity index (χ1v) is 7.00. The molecule has 0 fully saturated rings. The molecule has 3 rings (SSSR count). The van der Waals surface area contributed by atoms with Crippen molar-refractivity contribution in [2.24, 2.45) is 0 Å². The molecule has 1 amide bonds. The van der Waals surface area contributed by atoms with Gasteiger partial charge in [-0.1, -0.05) is 12.1 Å². The standard InChI is InChI=1S/C16H12N6O2/c1-10-6-14(23)11(8-18-10)16(24)20-12-4-2-3-5-13(12)22-9-19-15(7-17)21-22/h2-6,8-9H,1H3,(H,18,23)(H,20,24). The SMILES string of the molecule is Cc1cc(=O)c(C(=O)Nc2ccccc2-n2cnc(C#N)n2)c[nH]1. The van der Waals surface area contributed by atoms with E-state index in [-0.39, 0.29) is 16.8 Å². The fourth-order valence-electron chi connectivity index (χ4n) is 2.15. The van der Waals surface area contributed by atoms with E-state index in [0.29, 0.717) is 17.1 Å². The molecule has 0 aliphatic heterocycles. The fraction of sp³-hybridized carbons (Fsp3) is 0.0625. The third kappa shape index (κ3) is 2.91. The third-order valence-corrected chi connectivity index (χ3v) is 3.29. The van der Waals surface area contributed by atoms with Gasteiger partial charge in [-0.15, -0.1) is 5.10 Å². The highest BCUT2D eigenvalue weighted by molar-refractivity contribution is 6.05. The van der Waals surface area contributed by atoms with Crippen LogP contribution in [0.5, 0.6) is 0 Å². The lowest BCUT2D eigenvalue weighted by Crippen LogP contribution is -2.22. The molecule has 2 heterocycles. The maximum atomic E-state index is 12.4. The molecule has 0 saturated carbocycles. The number of pyridine rings is 1. The van der Waals surface area contributed by atoms with Gasteiger partial charge < -0.3 is 10.3 Å². The zero-order chi connectivity index (χ0) is 17.1. The number of nitrogens with one attached hydrogen (secondary N) is 2. The molecule has 0 radical (unpaired) electrons. The molecule has 3 aromatic rings. The van der Waals surface area contributed by atoms with Crippen LogP contribution in [0.25, 0.3) is 5.69 Å².